The molecule has 0 saturated heterocycles. The molecule has 3 rings (SSSR count). The third-order valence-corrected chi connectivity index (χ3v) is 9.82. The van der Waals surface area contributed by atoms with Crippen molar-refractivity contribution in [2.24, 2.45) is 40.4 Å². The zero-order chi connectivity index (χ0) is 25.4. The Bertz CT molecular complexity index is 924. The SMILES string of the molecule is C=C1[C@H]([C@H](C)CC/C=C(\C)C(=O)O)CC[C@@]2(C)[C@@H]1C=C1[C@H]2CC[C@@H](C(=C)C)[C@]1(C)CCC(=O)O. The van der Waals surface area contributed by atoms with Crippen molar-refractivity contribution in [2.45, 2.75) is 86.0 Å². The minimum absolute atomic E-state index is 0.159. The summed E-state index contributed by atoms with van der Waals surface area (Å²) in [5.41, 5.74) is 4.38. The molecule has 2 saturated carbocycles. The van der Waals surface area contributed by atoms with Crippen molar-refractivity contribution >= 4 is 11.9 Å². The van der Waals surface area contributed by atoms with E-state index >= 15 is 0 Å². The van der Waals surface area contributed by atoms with Crippen LogP contribution < -0.4 is 0 Å². The van der Waals surface area contributed by atoms with Gasteiger partial charge in [-0.3, -0.25) is 4.79 Å². The second-order valence-corrected chi connectivity index (χ2v) is 11.9. The lowest BCUT2D eigenvalue weighted by molar-refractivity contribution is -0.138. The van der Waals surface area contributed by atoms with Gasteiger partial charge >= 0.3 is 11.9 Å². The molecule has 4 nitrogen and oxygen atoms in total. The predicted octanol–water partition coefficient (Wildman–Crippen LogP) is 7.44. The van der Waals surface area contributed by atoms with E-state index in [1.807, 2.05) is 6.08 Å². The van der Waals surface area contributed by atoms with Crippen molar-refractivity contribution in [1.82, 2.24) is 0 Å². The number of fused-ring (bicyclic) bond motifs is 3. The summed E-state index contributed by atoms with van der Waals surface area (Å²) in [7, 11) is 0. The van der Waals surface area contributed by atoms with E-state index in [1.54, 1.807) is 6.92 Å². The standard InChI is InChI=1S/C30H44O4/c1-18(2)23-11-12-24-26(29(23,6)16-14-27(31)32)17-25-21(5)22(13-15-30(24,25)7)19(3)9-8-10-20(4)28(33)34/h10,17,19,22-25H,1,5,8-9,11-16H2,2-4,6-7H3,(H,31,32)(H,33,34)/b20-10+/t19-,22+,23+,24-,25-,29+,30-/m1/s1. The fourth-order valence-corrected chi connectivity index (χ4v) is 7.70. The van der Waals surface area contributed by atoms with Crippen molar-refractivity contribution in [2.75, 3.05) is 0 Å². The fraction of sp³-hybridized carbons (Fsp3) is 0.667. The summed E-state index contributed by atoms with van der Waals surface area (Å²) in [6, 6.07) is 0. The Balaban J connectivity index is 1.85. The van der Waals surface area contributed by atoms with Crippen molar-refractivity contribution in [1.29, 1.82) is 0 Å². The normalized spacial score (nSPS) is 36.3. The molecular weight excluding hydrogens is 424 g/mol. The van der Waals surface area contributed by atoms with Crippen molar-refractivity contribution < 1.29 is 19.8 Å². The van der Waals surface area contributed by atoms with Crippen molar-refractivity contribution in [3.8, 4) is 0 Å². The molecule has 3 aliphatic rings. The van der Waals surface area contributed by atoms with Crippen LogP contribution in [0.4, 0.5) is 0 Å². The third kappa shape index (κ3) is 4.70. The van der Waals surface area contributed by atoms with Crippen LogP contribution in [0.3, 0.4) is 0 Å². The Hall–Kier alpha value is -2.10. The molecule has 0 heterocycles. The first-order chi connectivity index (χ1) is 15.8. The van der Waals surface area contributed by atoms with Crippen LogP contribution in [0.1, 0.15) is 86.0 Å². The fourth-order valence-electron chi connectivity index (χ4n) is 7.70. The summed E-state index contributed by atoms with van der Waals surface area (Å²) < 4.78 is 0. The second-order valence-electron chi connectivity index (χ2n) is 11.9. The number of carboxylic acid groups (broad SMARTS) is 2. The maximum Gasteiger partial charge on any atom is 0.330 e. The molecule has 2 fully saturated rings. The molecule has 0 radical (unpaired) electrons. The maximum atomic E-state index is 11.5. The monoisotopic (exact) mass is 468 g/mol. The van der Waals surface area contributed by atoms with Crippen LogP contribution in [0.25, 0.3) is 0 Å². The molecule has 0 aromatic carbocycles. The van der Waals surface area contributed by atoms with Gasteiger partial charge in [0, 0.05) is 17.9 Å². The van der Waals surface area contributed by atoms with E-state index in [9.17, 15) is 14.7 Å². The van der Waals surface area contributed by atoms with E-state index in [0.29, 0.717) is 41.6 Å². The first-order valence-corrected chi connectivity index (χ1v) is 13.0. The van der Waals surface area contributed by atoms with Gasteiger partial charge in [0.05, 0.1) is 0 Å². The third-order valence-electron chi connectivity index (χ3n) is 9.82. The van der Waals surface area contributed by atoms with Crippen molar-refractivity contribution in [3.05, 3.63) is 47.6 Å². The summed E-state index contributed by atoms with van der Waals surface area (Å²) in [5.74, 6) is 0.471. The van der Waals surface area contributed by atoms with Crippen molar-refractivity contribution in [3.63, 3.8) is 0 Å². The van der Waals surface area contributed by atoms with Crippen LogP contribution in [0.15, 0.2) is 47.6 Å². The highest BCUT2D eigenvalue weighted by atomic mass is 16.4. The average molecular weight is 469 g/mol. The molecule has 0 amide bonds. The first-order valence-electron chi connectivity index (χ1n) is 13.0. The van der Waals surface area contributed by atoms with Gasteiger partial charge in [-0.05, 0) is 93.3 Å². The summed E-state index contributed by atoms with van der Waals surface area (Å²) in [6.07, 6.45) is 11.4. The predicted molar refractivity (Wildman–Crippen MR) is 137 cm³/mol. The van der Waals surface area contributed by atoms with E-state index in [1.165, 1.54) is 16.7 Å². The molecule has 0 bridgehead atoms. The minimum atomic E-state index is -0.843. The van der Waals surface area contributed by atoms with Crippen LogP contribution in [0, 0.1) is 40.4 Å². The Kier molecular flexibility index (Phi) is 7.70. The van der Waals surface area contributed by atoms with Crippen LogP contribution in [0.5, 0.6) is 0 Å². The Morgan fingerprint density at radius 1 is 1.21 bits per heavy atom. The molecule has 3 aliphatic carbocycles. The lowest BCUT2D eigenvalue weighted by atomic mass is 9.52. The number of rotatable bonds is 9. The van der Waals surface area contributed by atoms with Gasteiger partial charge in [0.25, 0.3) is 0 Å². The highest BCUT2D eigenvalue weighted by Gasteiger charge is 2.58. The second kappa shape index (κ2) is 9.87. The van der Waals surface area contributed by atoms with Crippen LogP contribution in [-0.2, 0) is 9.59 Å². The van der Waals surface area contributed by atoms with Gasteiger partial charge in [0.2, 0.25) is 0 Å². The van der Waals surface area contributed by atoms with Crippen LogP contribution in [0.2, 0.25) is 0 Å². The lowest BCUT2D eigenvalue weighted by Gasteiger charge is -2.52. The zero-order valence-electron chi connectivity index (χ0n) is 21.8. The number of hydrogen-bond acceptors (Lipinski definition) is 2. The minimum Gasteiger partial charge on any atom is -0.481 e. The van der Waals surface area contributed by atoms with Gasteiger partial charge in [-0.25, -0.2) is 4.79 Å². The van der Waals surface area contributed by atoms with Crippen LogP contribution >= 0.6 is 0 Å². The molecule has 0 aromatic heterocycles. The van der Waals surface area contributed by atoms with Gasteiger partial charge < -0.3 is 10.2 Å². The number of hydrogen-bond donors (Lipinski definition) is 2. The Morgan fingerprint density at radius 3 is 2.47 bits per heavy atom. The average Bonchev–Trinajstić information content (AvgIpc) is 3.07. The summed E-state index contributed by atoms with van der Waals surface area (Å²) >= 11 is 0. The van der Waals surface area contributed by atoms with E-state index in [-0.39, 0.29) is 17.3 Å². The largest absolute Gasteiger partial charge is 0.481 e. The van der Waals surface area contributed by atoms with Gasteiger partial charge in [0.1, 0.15) is 0 Å². The summed E-state index contributed by atoms with van der Waals surface area (Å²) in [4.78, 5) is 22.6. The molecular formula is C30H44O4. The number of allylic oxidation sites excluding steroid dienone is 5. The molecule has 4 heteroatoms. The summed E-state index contributed by atoms with van der Waals surface area (Å²) in [5, 5.41) is 18.6. The lowest BCUT2D eigenvalue weighted by Crippen LogP contribution is -2.44. The van der Waals surface area contributed by atoms with Gasteiger partial charge in [-0.2, -0.15) is 0 Å². The quantitative estimate of drug-likeness (QED) is 0.272. The van der Waals surface area contributed by atoms with Gasteiger partial charge in [-0.1, -0.05) is 62.8 Å². The molecule has 34 heavy (non-hydrogen) atoms. The molecule has 2 N–H and O–H groups in total. The molecule has 7 atom stereocenters. The van der Waals surface area contributed by atoms with E-state index < -0.39 is 11.9 Å². The molecule has 188 valence electrons. The topological polar surface area (TPSA) is 74.6 Å². The van der Waals surface area contributed by atoms with Gasteiger partial charge in [-0.15, -0.1) is 0 Å². The maximum absolute atomic E-state index is 11.5. The highest BCUT2D eigenvalue weighted by molar-refractivity contribution is 5.85. The molecule has 0 spiro atoms. The van der Waals surface area contributed by atoms with E-state index in [0.717, 1.165) is 38.5 Å². The summed E-state index contributed by atoms with van der Waals surface area (Å²) in [6.45, 7) is 19.7. The van der Waals surface area contributed by atoms with E-state index in [2.05, 4.69) is 46.9 Å². The molecule has 0 aliphatic heterocycles. The molecule has 0 unspecified atom stereocenters. The van der Waals surface area contributed by atoms with E-state index in [4.69, 9.17) is 5.11 Å². The van der Waals surface area contributed by atoms with Crippen LogP contribution in [-0.4, -0.2) is 22.2 Å². The Labute approximate surface area is 205 Å². The zero-order valence-corrected chi connectivity index (χ0v) is 21.8. The number of carbonyl (C=O) groups is 2. The number of carboxylic acids is 2. The highest BCUT2D eigenvalue weighted by Crippen LogP contribution is 2.67. The smallest absolute Gasteiger partial charge is 0.330 e. The van der Waals surface area contributed by atoms with Gasteiger partial charge in [0.15, 0.2) is 0 Å². The molecule has 0 aromatic rings. The Morgan fingerprint density at radius 2 is 1.88 bits per heavy atom. The number of aliphatic carboxylic acids is 2. The first kappa shape index (κ1) is 26.5.